The normalized spacial score (nSPS) is 28.0. The number of nitrogens with zero attached hydrogens (tertiary/aromatic N) is 4. The Labute approximate surface area is 211 Å². The third-order valence-corrected chi connectivity index (χ3v) is 8.73. The minimum atomic E-state index is -0.419. The van der Waals surface area contributed by atoms with Gasteiger partial charge < -0.3 is 21.3 Å². The van der Waals surface area contributed by atoms with E-state index in [2.05, 4.69) is 27.3 Å². The summed E-state index contributed by atoms with van der Waals surface area (Å²) in [5, 5.41) is 2.74. The number of hydrogen-bond donors (Lipinski definition) is 3. The molecule has 10 heteroatoms. The van der Waals surface area contributed by atoms with E-state index in [9.17, 15) is 9.59 Å². The number of nitrogens with one attached hydrogen (secondary N) is 1. The molecule has 35 heavy (non-hydrogen) atoms. The monoisotopic (exact) mass is 499 g/mol. The van der Waals surface area contributed by atoms with Gasteiger partial charge in [-0.1, -0.05) is 12.1 Å². The minimum absolute atomic E-state index is 0. The number of likely N-dealkylation sites (tertiary alicyclic amines) is 2. The Balaban J connectivity index is 0.00000253. The minimum Gasteiger partial charge on any atom is -0.330 e. The molecule has 5 N–H and O–H groups in total. The van der Waals surface area contributed by atoms with Gasteiger partial charge in [0.1, 0.15) is 5.82 Å². The summed E-state index contributed by atoms with van der Waals surface area (Å²) >= 11 is 0. The Morgan fingerprint density at radius 1 is 1.14 bits per heavy atom. The average Bonchev–Trinajstić information content (AvgIpc) is 3.27. The Kier molecular flexibility index (Phi) is 6.37. The first-order valence-electron chi connectivity index (χ1n) is 12.4. The molecule has 3 atom stereocenters. The number of carbonyl (C=O) groups is 1. The number of aromatic nitrogens is 2. The molecule has 3 heterocycles. The largest absolute Gasteiger partial charge is 0.354 e. The highest BCUT2D eigenvalue weighted by atomic mass is 35.5. The first-order valence-corrected chi connectivity index (χ1v) is 12.4. The molecular weight excluding hydrogens is 466 g/mol. The standard InChI is InChI=1S/C25H33N7O2.ClH/c26-11-18-19-12-30(13-20(18)19)9-6-16-1-3-17(4-2-16)32-10-7-22(29-24(32)34)28-23(33)31-14-25(15-31)8-5-21(25)27;/h1-4,7,10,18-21H,5-6,8-9,11-15,26-27H2,(H,28,29,33,34);1H. The summed E-state index contributed by atoms with van der Waals surface area (Å²) in [7, 11) is 0. The van der Waals surface area contributed by atoms with Gasteiger partial charge in [-0.15, -0.1) is 12.4 Å². The van der Waals surface area contributed by atoms with Crippen molar-refractivity contribution in [3.8, 4) is 5.69 Å². The van der Waals surface area contributed by atoms with Crippen molar-refractivity contribution in [3.63, 3.8) is 0 Å². The second-order valence-corrected chi connectivity index (χ2v) is 10.7. The molecule has 188 valence electrons. The summed E-state index contributed by atoms with van der Waals surface area (Å²) in [6, 6.07) is 9.66. The third kappa shape index (κ3) is 4.35. The number of carbonyl (C=O) groups excluding carboxylic acids is 1. The lowest BCUT2D eigenvalue weighted by atomic mass is 9.60. The summed E-state index contributed by atoms with van der Waals surface area (Å²) < 4.78 is 1.49. The highest BCUT2D eigenvalue weighted by Crippen LogP contribution is 2.50. The SMILES string of the molecule is Cl.NCC1C2CN(CCc3ccc(-n4ccc(NC(=O)N5CC6(CCC6N)C5)nc4=O)cc3)CC12. The van der Waals surface area contributed by atoms with E-state index < -0.39 is 5.69 Å². The quantitative estimate of drug-likeness (QED) is 0.550. The number of anilines is 1. The van der Waals surface area contributed by atoms with E-state index in [0.717, 1.165) is 55.8 Å². The van der Waals surface area contributed by atoms with Crippen LogP contribution >= 0.6 is 12.4 Å². The molecule has 1 spiro atoms. The molecule has 1 aromatic heterocycles. The van der Waals surface area contributed by atoms with Gasteiger partial charge in [-0.05, 0) is 67.3 Å². The first kappa shape index (κ1) is 24.2. The van der Waals surface area contributed by atoms with Crippen molar-refractivity contribution in [1.29, 1.82) is 0 Å². The predicted octanol–water partition coefficient (Wildman–Crippen LogP) is 1.29. The van der Waals surface area contributed by atoms with Gasteiger partial charge in [0.05, 0.1) is 5.69 Å². The summed E-state index contributed by atoms with van der Waals surface area (Å²) in [4.78, 5) is 33.4. The summed E-state index contributed by atoms with van der Waals surface area (Å²) in [6.45, 7) is 5.61. The summed E-state index contributed by atoms with van der Waals surface area (Å²) in [5.41, 5.74) is 13.6. The molecule has 1 aromatic carbocycles. The molecule has 3 unspecified atom stereocenters. The second kappa shape index (κ2) is 9.20. The van der Waals surface area contributed by atoms with Crippen LogP contribution in [0, 0.1) is 23.2 Å². The molecule has 6 rings (SSSR count). The van der Waals surface area contributed by atoms with E-state index in [0.29, 0.717) is 13.1 Å². The van der Waals surface area contributed by atoms with Gasteiger partial charge in [0, 0.05) is 50.4 Å². The molecule has 2 aliphatic heterocycles. The number of hydrogen-bond acceptors (Lipinski definition) is 6. The Morgan fingerprint density at radius 2 is 1.86 bits per heavy atom. The molecule has 2 saturated carbocycles. The highest BCUT2D eigenvalue weighted by molar-refractivity contribution is 5.89. The number of rotatable bonds is 6. The molecule has 2 amide bonds. The molecule has 2 saturated heterocycles. The van der Waals surface area contributed by atoms with Crippen LogP contribution in [0.3, 0.4) is 0 Å². The number of urea groups is 1. The number of fused-ring (bicyclic) bond motifs is 1. The Morgan fingerprint density at radius 3 is 2.43 bits per heavy atom. The smallest absolute Gasteiger partial charge is 0.330 e. The van der Waals surface area contributed by atoms with Gasteiger partial charge in [-0.25, -0.2) is 9.59 Å². The van der Waals surface area contributed by atoms with E-state index in [-0.39, 0.29) is 35.7 Å². The van der Waals surface area contributed by atoms with Crippen molar-refractivity contribution < 1.29 is 4.79 Å². The fourth-order valence-electron chi connectivity index (χ4n) is 6.21. The maximum atomic E-state index is 12.6. The van der Waals surface area contributed by atoms with Gasteiger partial charge in [0.2, 0.25) is 0 Å². The topological polar surface area (TPSA) is 123 Å². The fraction of sp³-hybridized carbons (Fsp3) is 0.560. The van der Waals surface area contributed by atoms with E-state index in [1.165, 1.54) is 23.2 Å². The van der Waals surface area contributed by atoms with E-state index in [4.69, 9.17) is 11.5 Å². The van der Waals surface area contributed by atoms with E-state index in [1.807, 2.05) is 12.1 Å². The van der Waals surface area contributed by atoms with Crippen LogP contribution in [0.25, 0.3) is 5.69 Å². The van der Waals surface area contributed by atoms with Gasteiger partial charge in [-0.2, -0.15) is 4.98 Å². The van der Waals surface area contributed by atoms with Gasteiger partial charge in [-0.3, -0.25) is 9.88 Å². The molecule has 9 nitrogen and oxygen atoms in total. The number of piperidine rings is 1. The zero-order valence-electron chi connectivity index (χ0n) is 19.8. The average molecular weight is 500 g/mol. The van der Waals surface area contributed by atoms with Crippen molar-refractivity contribution in [1.82, 2.24) is 19.4 Å². The summed E-state index contributed by atoms with van der Waals surface area (Å²) in [5.74, 6) is 2.67. The maximum absolute atomic E-state index is 12.6. The highest BCUT2D eigenvalue weighted by Gasteiger charge is 2.55. The van der Waals surface area contributed by atoms with E-state index >= 15 is 0 Å². The molecule has 2 aromatic rings. The van der Waals surface area contributed by atoms with Crippen LogP contribution < -0.4 is 22.5 Å². The molecule has 4 fully saturated rings. The van der Waals surface area contributed by atoms with Crippen molar-refractivity contribution in [2.75, 3.05) is 44.6 Å². The lowest BCUT2D eigenvalue weighted by Gasteiger charge is -2.59. The lowest BCUT2D eigenvalue weighted by molar-refractivity contribution is -0.0492. The lowest BCUT2D eigenvalue weighted by Crippen LogP contribution is -2.70. The zero-order chi connectivity index (χ0) is 23.4. The van der Waals surface area contributed by atoms with Gasteiger partial charge >= 0.3 is 11.7 Å². The van der Waals surface area contributed by atoms with Crippen LogP contribution in [0.4, 0.5) is 10.6 Å². The number of benzene rings is 1. The van der Waals surface area contributed by atoms with Crippen molar-refractivity contribution >= 4 is 24.3 Å². The molecule has 2 aliphatic carbocycles. The van der Waals surface area contributed by atoms with Crippen LogP contribution in [-0.4, -0.2) is 70.7 Å². The van der Waals surface area contributed by atoms with Crippen molar-refractivity contribution in [2.45, 2.75) is 25.3 Å². The van der Waals surface area contributed by atoms with Crippen LogP contribution in [-0.2, 0) is 6.42 Å². The van der Waals surface area contributed by atoms with Crippen LogP contribution in [0.15, 0.2) is 41.3 Å². The van der Waals surface area contributed by atoms with E-state index in [1.54, 1.807) is 17.2 Å². The fourth-order valence-corrected chi connectivity index (χ4v) is 6.21. The predicted molar refractivity (Wildman–Crippen MR) is 137 cm³/mol. The van der Waals surface area contributed by atoms with Crippen molar-refractivity contribution in [2.24, 2.45) is 34.6 Å². The van der Waals surface area contributed by atoms with Crippen molar-refractivity contribution in [3.05, 3.63) is 52.6 Å². The van der Waals surface area contributed by atoms with Crippen LogP contribution in [0.5, 0.6) is 0 Å². The zero-order valence-corrected chi connectivity index (χ0v) is 20.6. The van der Waals surface area contributed by atoms with Gasteiger partial charge in [0.25, 0.3) is 0 Å². The number of nitrogens with two attached hydrogens (primary N) is 2. The molecule has 0 bridgehead atoms. The first-order chi connectivity index (χ1) is 16.5. The molecule has 4 aliphatic rings. The summed E-state index contributed by atoms with van der Waals surface area (Å²) in [6.07, 6.45) is 4.77. The second-order valence-electron chi connectivity index (χ2n) is 10.7. The molecule has 0 radical (unpaired) electrons. The Bertz CT molecular complexity index is 1140. The van der Waals surface area contributed by atoms with Crippen LogP contribution in [0.1, 0.15) is 18.4 Å². The number of amides is 2. The number of halogens is 1. The maximum Gasteiger partial charge on any atom is 0.354 e. The third-order valence-electron chi connectivity index (χ3n) is 8.73. The Hall–Kier alpha value is -2.46. The van der Waals surface area contributed by atoms with Crippen LogP contribution in [0.2, 0.25) is 0 Å². The molecular formula is C25H34ClN7O2. The van der Waals surface area contributed by atoms with Gasteiger partial charge in [0.15, 0.2) is 0 Å².